The molecule has 106 valence electrons. The maximum absolute atomic E-state index is 10.7. The highest BCUT2D eigenvalue weighted by Crippen LogP contribution is 2.17. The molecule has 1 unspecified atom stereocenters. The molecule has 5 heteroatoms. The van der Waals surface area contributed by atoms with E-state index in [0.717, 1.165) is 18.7 Å². The van der Waals surface area contributed by atoms with E-state index in [2.05, 4.69) is 41.5 Å². The smallest absolute Gasteiger partial charge is 0.365 e. The van der Waals surface area contributed by atoms with E-state index >= 15 is 0 Å². The van der Waals surface area contributed by atoms with E-state index in [1.807, 2.05) is 6.07 Å². The van der Waals surface area contributed by atoms with E-state index in [1.165, 1.54) is 16.9 Å². The third kappa shape index (κ3) is 4.15. The number of thiazole rings is 1. The van der Waals surface area contributed by atoms with Crippen molar-refractivity contribution in [2.45, 2.75) is 25.8 Å². The summed E-state index contributed by atoms with van der Waals surface area (Å²) in [6.07, 6.45) is 1.04. The first-order valence-corrected chi connectivity index (χ1v) is 7.48. The lowest BCUT2D eigenvalue weighted by molar-refractivity contribution is 0.0696. The molecule has 0 fully saturated rings. The Labute approximate surface area is 122 Å². The van der Waals surface area contributed by atoms with Crippen molar-refractivity contribution in [3.05, 3.63) is 52.0 Å². The molecular formula is C15H18N2O2S. The molecule has 0 radical (unpaired) electrons. The zero-order valence-electron chi connectivity index (χ0n) is 11.4. The molecule has 0 aliphatic rings. The van der Waals surface area contributed by atoms with Crippen molar-refractivity contribution in [2.24, 2.45) is 0 Å². The Kier molecular flexibility index (Phi) is 5.26. The Hall–Kier alpha value is -1.72. The summed E-state index contributed by atoms with van der Waals surface area (Å²) in [6.45, 7) is 3.71. The van der Waals surface area contributed by atoms with Crippen molar-refractivity contribution in [2.75, 3.05) is 6.54 Å². The summed E-state index contributed by atoms with van der Waals surface area (Å²) in [6, 6.07) is 10.4. The molecule has 4 nitrogen and oxygen atoms in total. The molecule has 0 saturated carbocycles. The molecule has 0 spiro atoms. The lowest BCUT2D eigenvalue weighted by Crippen LogP contribution is -2.17. The van der Waals surface area contributed by atoms with Gasteiger partial charge in [0.15, 0.2) is 0 Å². The number of aromatic carboxylic acids is 1. The Morgan fingerprint density at radius 3 is 2.80 bits per heavy atom. The molecule has 0 aliphatic carbocycles. The fraction of sp³-hybridized carbons (Fsp3) is 0.333. The van der Waals surface area contributed by atoms with Gasteiger partial charge in [-0.15, -0.1) is 11.3 Å². The van der Waals surface area contributed by atoms with E-state index < -0.39 is 5.97 Å². The third-order valence-electron chi connectivity index (χ3n) is 3.16. The normalized spacial score (nSPS) is 12.2. The van der Waals surface area contributed by atoms with Crippen LogP contribution in [-0.2, 0) is 6.54 Å². The second-order valence-electron chi connectivity index (χ2n) is 4.73. The van der Waals surface area contributed by atoms with E-state index in [4.69, 9.17) is 5.11 Å². The number of rotatable bonds is 7. The van der Waals surface area contributed by atoms with Gasteiger partial charge >= 0.3 is 5.97 Å². The molecule has 1 aromatic carbocycles. The lowest BCUT2D eigenvalue weighted by atomic mass is 9.98. The average Bonchev–Trinajstić information content (AvgIpc) is 2.93. The van der Waals surface area contributed by atoms with Crippen LogP contribution in [0, 0.1) is 0 Å². The topological polar surface area (TPSA) is 62.2 Å². The van der Waals surface area contributed by atoms with E-state index in [0.29, 0.717) is 12.5 Å². The van der Waals surface area contributed by atoms with Crippen LogP contribution in [0.15, 0.2) is 35.7 Å². The van der Waals surface area contributed by atoms with Crippen molar-refractivity contribution in [1.29, 1.82) is 0 Å². The van der Waals surface area contributed by atoms with Crippen LogP contribution in [0.25, 0.3) is 0 Å². The van der Waals surface area contributed by atoms with Crippen LogP contribution in [0.3, 0.4) is 0 Å². The minimum Gasteiger partial charge on any atom is -0.476 e. The first-order valence-electron chi connectivity index (χ1n) is 6.60. The number of hydrogen-bond donors (Lipinski definition) is 2. The fourth-order valence-corrected chi connectivity index (χ4v) is 2.62. The summed E-state index contributed by atoms with van der Waals surface area (Å²) in [5.74, 6) is -0.451. The summed E-state index contributed by atoms with van der Waals surface area (Å²) < 4.78 is 0. The lowest BCUT2D eigenvalue weighted by Gasteiger charge is -2.11. The van der Waals surface area contributed by atoms with Gasteiger partial charge in [0.25, 0.3) is 0 Å². The SMILES string of the molecule is CC(CCNCc1csc(C(=O)O)n1)c1ccccc1. The average molecular weight is 290 g/mol. The van der Waals surface area contributed by atoms with Crippen molar-refractivity contribution >= 4 is 17.3 Å². The molecule has 1 heterocycles. The highest BCUT2D eigenvalue weighted by atomic mass is 32.1. The van der Waals surface area contributed by atoms with Crippen LogP contribution < -0.4 is 5.32 Å². The number of nitrogens with zero attached hydrogens (tertiary/aromatic N) is 1. The van der Waals surface area contributed by atoms with Crippen LogP contribution in [0.4, 0.5) is 0 Å². The number of nitrogens with one attached hydrogen (secondary N) is 1. The van der Waals surface area contributed by atoms with Gasteiger partial charge in [0.05, 0.1) is 5.69 Å². The summed E-state index contributed by atoms with van der Waals surface area (Å²) in [7, 11) is 0. The third-order valence-corrected chi connectivity index (χ3v) is 4.04. The summed E-state index contributed by atoms with van der Waals surface area (Å²) in [4.78, 5) is 14.8. The van der Waals surface area contributed by atoms with Crippen molar-refractivity contribution in [3.8, 4) is 0 Å². The number of benzene rings is 1. The minimum absolute atomic E-state index is 0.152. The maximum Gasteiger partial charge on any atom is 0.365 e. The van der Waals surface area contributed by atoms with E-state index in [-0.39, 0.29) is 5.01 Å². The highest BCUT2D eigenvalue weighted by Gasteiger charge is 2.09. The Bertz CT molecular complexity index is 554. The quantitative estimate of drug-likeness (QED) is 0.769. The van der Waals surface area contributed by atoms with E-state index in [1.54, 1.807) is 5.38 Å². The number of aromatic nitrogens is 1. The molecule has 20 heavy (non-hydrogen) atoms. The number of hydrogen-bond acceptors (Lipinski definition) is 4. The van der Waals surface area contributed by atoms with Gasteiger partial charge in [-0.25, -0.2) is 9.78 Å². The van der Waals surface area contributed by atoms with Gasteiger partial charge in [0.1, 0.15) is 0 Å². The van der Waals surface area contributed by atoms with Crippen LogP contribution in [-0.4, -0.2) is 22.6 Å². The molecule has 2 aromatic rings. The highest BCUT2D eigenvalue weighted by molar-refractivity contribution is 7.11. The van der Waals surface area contributed by atoms with Crippen molar-refractivity contribution in [1.82, 2.24) is 10.3 Å². The van der Waals surface area contributed by atoms with Gasteiger partial charge in [0, 0.05) is 11.9 Å². The predicted molar refractivity (Wildman–Crippen MR) is 80.3 cm³/mol. The molecule has 2 rings (SSSR count). The molecule has 1 atom stereocenters. The van der Waals surface area contributed by atoms with Crippen LogP contribution in [0.1, 0.15) is 40.3 Å². The van der Waals surface area contributed by atoms with Crippen LogP contribution in [0.5, 0.6) is 0 Å². The minimum atomic E-state index is -0.959. The number of carbonyl (C=O) groups is 1. The molecule has 0 bridgehead atoms. The molecular weight excluding hydrogens is 272 g/mol. The molecule has 1 aromatic heterocycles. The second-order valence-corrected chi connectivity index (χ2v) is 5.58. The van der Waals surface area contributed by atoms with Gasteiger partial charge < -0.3 is 10.4 Å². The summed E-state index contributed by atoms with van der Waals surface area (Å²) in [5, 5.41) is 14.0. The standard InChI is InChI=1S/C15H18N2O2S/c1-11(12-5-3-2-4-6-12)7-8-16-9-13-10-20-14(17-13)15(18)19/h2-6,10-11,16H,7-9H2,1H3,(H,18,19). The first kappa shape index (κ1) is 14.7. The molecule has 2 N–H and O–H groups in total. The zero-order chi connectivity index (χ0) is 14.4. The summed E-state index contributed by atoms with van der Waals surface area (Å²) >= 11 is 1.17. The number of carboxylic acid groups (broad SMARTS) is 1. The fourth-order valence-electron chi connectivity index (χ4n) is 1.97. The first-order chi connectivity index (χ1) is 9.66. The summed E-state index contributed by atoms with van der Waals surface area (Å²) in [5.41, 5.74) is 2.14. The van der Waals surface area contributed by atoms with Gasteiger partial charge in [-0.1, -0.05) is 37.3 Å². The largest absolute Gasteiger partial charge is 0.476 e. The van der Waals surface area contributed by atoms with Crippen molar-refractivity contribution in [3.63, 3.8) is 0 Å². The van der Waals surface area contributed by atoms with Gasteiger partial charge in [-0.3, -0.25) is 0 Å². The Balaban J connectivity index is 1.72. The van der Waals surface area contributed by atoms with Crippen molar-refractivity contribution < 1.29 is 9.90 Å². The number of carboxylic acids is 1. The van der Waals surface area contributed by atoms with E-state index in [9.17, 15) is 4.79 Å². The van der Waals surface area contributed by atoms with Gasteiger partial charge in [-0.05, 0) is 24.4 Å². The maximum atomic E-state index is 10.7. The predicted octanol–water partition coefficient (Wildman–Crippen LogP) is 3.12. The second kappa shape index (κ2) is 7.17. The molecule has 0 aliphatic heterocycles. The van der Waals surface area contributed by atoms with Gasteiger partial charge in [-0.2, -0.15) is 0 Å². The monoisotopic (exact) mass is 290 g/mol. The Morgan fingerprint density at radius 2 is 2.15 bits per heavy atom. The molecule has 0 amide bonds. The Morgan fingerprint density at radius 1 is 1.40 bits per heavy atom. The molecule has 0 saturated heterocycles. The zero-order valence-corrected chi connectivity index (χ0v) is 12.2. The van der Waals surface area contributed by atoms with Crippen LogP contribution in [0.2, 0.25) is 0 Å². The van der Waals surface area contributed by atoms with Crippen LogP contribution >= 0.6 is 11.3 Å². The van der Waals surface area contributed by atoms with Gasteiger partial charge in [0.2, 0.25) is 5.01 Å².